The average molecular weight is 257 g/mol. The molecule has 1 heterocycles. The van der Waals surface area contributed by atoms with Crippen molar-refractivity contribution in [2.24, 2.45) is 0 Å². The van der Waals surface area contributed by atoms with Gasteiger partial charge in [0.1, 0.15) is 6.07 Å². The van der Waals surface area contributed by atoms with Crippen LogP contribution in [-0.4, -0.2) is 21.6 Å². The third-order valence-electron chi connectivity index (χ3n) is 2.54. The quantitative estimate of drug-likeness (QED) is 0.623. The topological polar surface area (TPSA) is 58.7 Å². The maximum atomic E-state index is 12.0. The molecule has 0 aliphatic rings. The van der Waals surface area contributed by atoms with Gasteiger partial charge in [0.05, 0.1) is 6.54 Å². The van der Waals surface area contributed by atoms with E-state index in [0.717, 1.165) is 4.90 Å². The van der Waals surface area contributed by atoms with Gasteiger partial charge < -0.3 is 4.57 Å². The number of aromatic nitrogens is 2. The molecule has 0 aliphatic carbocycles. The predicted octanol–water partition coefficient (Wildman–Crippen LogP) is 2.36. The highest BCUT2D eigenvalue weighted by molar-refractivity contribution is 7.98. The van der Waals surface area contributed by atoms with Crippen LogP contribution in [0.25, 0.3) is 0 Å². The highest BCUT2D eigenvalue weighted by Gasteiger charge is 2.09. The van der Waals surface area contributed by atoms with Crippen LogP contribution in [0.15, 0.2) is 41.6 Å². The number of carbonyl (C=O) groups is 1. The number of ketones is 1. The van der Waals surface area contributed by atoms with Gasteiger partial charge in [-0.1, -0.05) is 12.1 Å². The number of thioether (sulfide) groups is 1. The average Bonchev–Trinajstić information content (AvgIpc) is 2.86. The van der Waals surface area contributed by atoms with Gasteiger partial charge in [-0.3, -0.25) is 4.79 Å². The van der Waals surface area contributed by atoms with Crippen molar-refractivity contribution in [3.05, 3.63) is 48.0 Å². The molecule has 5 heteroatoms. The highest BCUT2D eigenvalue weighted by Crippen LogP contribution is 2.15. The number of carbonyl (C=O) groups excluding carboxylic acids is 1. The summed E-state index contributed by atoms with van der Waals surface area (Å²) in [4.78, 5) is 17.0. The maximum Gasteiger partial charge on any atom is 0.213 e. The SMILES string of the molecule is CSc1ccc(C(=O)Cn2ccnc2C#N)cc1. The molecule has 90 valence electrons. The van der Waals surface area contributed by atoms with Gasteiger partial charge in [-0.15, -0.1) is 11.8 Å². The number of hydrogen-bond donors (Lipinski definition) is 0. The molecule has 0 spiro atoms. The van der Waals surface area contributed by atoms with Crippen LogP contribution >= 0.6 is 11.8 Å². The molecule has 2 aromatic rings. The van der Waals surface area contributed by atoms with Crippen molar-refractivity contribution in [1.29, 1.82) is 5.26 Å². The number of rotatable bonds is 4. The third kappa shape index (κ3) is 2.60. The second kappa shape index (κ2) is 5.52. The van der Waals surface area contributed by atoms with Crippen LogP contribution in [0.1, 0.15) is 16.2 Å². The van der Waals surface area contributed by atoms with Gasteiger partial charge in [0.15, 0.2) is 5.78 Å². The fourth-order valence-electron chi connectivity index (χ4n) is 1.57. The first-order chi connectivity index (χ1) is 8.74. The zero-order chi connectivity index (χ0) is 13.0. The van der Waals surface area contributed by atoms with E-state index in [-0.39, 0.29) is 18.2 Å². The van der Waals surface area contributed by atoms with E-state index in [4.69, 9.17) is 5.26 Å². The van der Waals surface area contributed by atoms with Crippen LogP contribution in [-0.2, 0) is 6.54 Å². The van der Waals surface area contributed by atoms with E-state index in [2.05, 4.69) is 4.98 Å². The van der Waals surface area contributed by atoms with Crippen LogP contribution in [0.4, 0.5) is 0 Å². The van der Waals surface area contributed by atoms with Crippen molar-refractivity contribution in [2.75, 3.05) is 6.26 Å². The summed E-state index contributed by atoms with van der Waals surface area (Å²) in [5, 5.41) is 8.81. The number of benzene rings is 1. The zero-order valence-electron chi connectivity index (χ0n) is 9.83. The lowest BCUT2D eigenvalue weighted by Gasteiger charge is -2.04. The van der Waals surface area contributed by atoms with E-state index in [9.17, 15) is 4.79 Å². The first-order valence-electron chi connectivity index (χ1n) is 5.33. The molecule has 18 heavy (non-hydrogen) atoms. The number of hydrogen-bond acceptors (Lipinski definition) is 4. The summed E-state index contributed by atoms with van der Waals surface area (Å²) < 4.78 is 1.55. The Balaban J connectivity index is 2.15. The summed E-state index contributed by atoms with van der Waals surface area (Å²) >= 11 is 1.63. The molecule has 2 rings (SSSR count). The van der Waals surface area contributed by atoms with E-state index >= 15 is 0 Å². The minimum atomic E-state index is -0.0304. The lowest BCUT2D eigenvalue weighted by molar-refractivity contribution is 0.0971. The van der Waals surface area contributed by atoms with Crippen molar-refractivity contribution in [1.82, 2.24) is 9.55 Å². The van der Waals surface area contributed by atoms with Gasteiger partial charge in [-0.2, -0.15) is 5.26 Å². The van der Waals surface area contributed by atoms with Crippen LogP contribution in [0.3, 0.4) is 0 Å². The second-order valence-electron chi connectivity index (χ2n) is 3.64. The van der Waals surface area contributed by atoms with Crippen molar-refractivity contribution < 1.29 is 4.79 Å². The molecule has 0 aliphatic heterocycles. The summed E-state index contributed by atoms with van der Waals surface area (Å²) in [6.45, 7) is 0.140. The van der Waals surface area contributed by atoms with Crippen LogP contribution in [0.2, 0.25) is 0 Å². The molecule has 1 aromatic carbocycles. The third-order valence-corrected chi connectivity index (χ3v) is 3.28. The van der Waals surface area contributed by atoms with Crippen LogP contribution in [0.5, 0.6) is 0 Å². The normalized spacial score (nSPS) is 10.0. The molecular weight excluding hydrogens is 246 g/mol. The number of nitriles is 1. The monoisotopic (exact) mass is 257 g/mol. The largest absolute Gasteiger partial charge is 0.315 e. The van der Waals surface area contributed by atoms with Crippen LogP contribution < -0.4 is 0 Å². The van der Waals surface area contributed by atoms with E-state index in [1.54, 1.807) is 34.7 Å². The van der Waals surface area contributed by atoms with Crippen molar-refractivity contribution in [2.45, 2.75) is 11.4 Å². The van der Waals surface area contributed by atoms with Gasteiger partial charge >= 0.3 is 0 Å². The van der Waals surface area contributed by atoms with E-state index in [1.165, 1.54) is 6.20 Å². The lowest BCUT2D eigenvalue weighted by Crippen LogP contribution is -2.11. The Kier molecular flexibility index (Phi) is 3.80. The summed E-state index contributed by atoms with van der Waals surface area (Å²) in [7, 11) is 0. The Morgan fingerprint density at radius 1 is 1.44 bits per heavy atom. The molecule has 0 amide bonds. The number of imidazole rings is 1. The summed E-state index contributed by atoms with van der Waals surface area (Å²) in [6.07, 6.45) is 5.14. The maximum absolute atomic E-state index is 12.0. The summed E-state index contributed by atoms with van der Waals surface area (Å²) in [5.41, 5.74) is 0.644. The van der Waals surface area contributed by atoms with Gasteiger partial charge in [0.25, 0.3) is 0 Å². The Morgan fingerprint density at radius 2 is 2.17 bits per heavy atom. The molecule has 0 N–H and O–H groups in total. The van der Waals surface area contributed by atoms with Gasteiger partial charge in [0.2, 0.25) is 5.82 Å². The lowest BCUT2D eigenvalue weighted by atomic mass is 10.1. The minimum absolute atomic E-state index is 0.0304. The van der Waals surface area contributed by atoms with E-state index in [0.29, 0.717) is 5.56 Å². The van der Waals surface area contributed by atoms with Crippen molar-refractivity contribution in [3.63, 3.8) is 0 Å². The van der Waals surface area contributed by atoms with Gasteiger partial charge in [-0.25, -0.2) is 4.98 Å². The molecule has 0 saturated carbocycles. The Hall–Kier alpha value is -2.06. The first-order valence-corrected chi connectivity index (χ1v) is 6.55. The van der Waals surface area contributed by atoms with Gasteiger partial charge in [0, 0.05) is 22.9 Å². The number of Topliss-reactive ketones (excluding diaryl/α,β-unsaturated/α-hetero) is 1. The van der Waals surface area contributed by atoms with Crippen molar-refractivity contribution in [3.8, 4) is 6.07 Å². The molecule has 0 atom stereocenters. The highest BCUT2D eigenvalue weighted by atomic mass is 32.2. The Labute approximate surface area is 109 Å². The number of nitrogens with zero attached hydrogens (tertiary/aromatic N) is 3. The fraction of sp³-hybridized carbons (Fsp3) is 0.154. The molecule has 0 fully saturated rings. The summed E-state index contributed by atoms with van der Waals surface area (Å²) in [6, 6.07) is 9.38. The smallest absolute Gasteiger partial charge is 0.213 e. The molecule has 0 unspecified atom stereocenters. The van der Waals surface area contributed by atoms with E-state index < -0.39 is 0 Å². The second-order valence-corrected chi connectivity index (χ2v) is 4.52. The molecule has 1 aromatic heterocycles. The molecule has 4 nitrogen and oxygen atoms in total. The van der Waals surface area contributed by atoms with Crippen LogP contribution in [0, 0.1) is 11.3 Å². The Bertz CT molecular complexity index is 595. The molecule has 0 radical (unpaired) electrons. The fourth-order valence-corrected chi connectivity index (χ4v) is 1.98. The zero-order valence-corrected chi connectivity index (χ0v) is 10.6. The Morgan fingerprint density at radius 3 is 2.78 bits per heavy atom. The molecule has 0 saturated heterocycles. The first kappa shape index (κ1) is 12.4. The van der Waals surface area contributed by atoms with Crippen molar-refractivity contribution >= 4 is 17.5 Å². The standard InChI is InChI=1S/C13H11N3OS/c1-18-11-4-2-10(3-5-11)12(17)9-16-7-6-15-13(16)8-14/h2-7H,9H2,1H3. The summed E-state index contributed by atoms with van der Waals surface area (Å²) in [5.74, 6) is 0.223. The minimum Gasteiger partial charge on any atom is -0.315 e. The van der Waals surface area contributed by atoms with Gasteiger partial charge in [-0.05, 0) is 18.4 Å². The van der Waals surface area contributed by atoms with E-state index in [1.807, 2.05) is 24.5 Å². The predicted molar refractivity (Wildman–Crippen MR) is 69.5 cm³/mol. The molecule has 0 bridgehead atoms. The molecular formula is C13H11N3OS.